The van der Waals surface area contributed by atoms with Crippen LogP contribution in [0.1, 0.15) is 22.3 Å². The van der Waals surface area contributed by atoms with Crippen molar-refractivity contribution in [3.05, 3.63) is 64.7 Å². The van der Waals surface area contributed by atoms with Crippen LogP contribution < -0.4 is 5.32 Å². The van der Waals surface area contributed by atoms with E-state index in [-0.39, 0.29) is 5.91 Å². The number of benzene rings is 2. The van der Waals surface area contributed by atoms with Gasteiger partial charge in [0.05, 0.1) is 6.42 Å². The third-order valence-electron chi connectivity index (χ3n) is 3.29. The van der Waals surface area contributed by atoms with Crippen molar-refractivity contribution in [3.8, 4) is 0 Å². The molecule has 0 saturated heterocycles. The third kappa shape index (κ3) is 3.70. The smallest absolute Gasteiger partial charge is 0.228 e. The Balaban J connectivity index is 2.11. The normalized spacial score (nSPS) is 10.3. The molecule has 0 aliphatic carbocycles. The highest BCUT2D eigenvalue weighted by Gasteiger charge is 2.08. The maximum absolute atomic E-state index is 12.2. The van der Waals surface area contributed by atoms with Crippen molar-refractivity contribution in [2.45, 2.75) is 25.6 Å². The van der Waals surface area contributed by atoms with Crippen LogP contribution in [0.2, 0.25) is 0 Å². The number of amides is 1. The van der Waals surface area contributed by atoms with Gasteiger partial charge in [0.2, 0.25) is 5.91 Å². The van der Waals surface area contributed by atoms with E-state index in [9.17, 15) is 4.79 Å². The van der Waals surface area contributed by atoms with E-state index < -0.39 is 0 Å². The van der Waals surface area contributed by atoms with E-state index >= 15 is 0 Å². The predicted octanol–water partition coefficient (Wildman–Crippen LogP) is 4.38. The van der Waals surface area contributed by atoms with Crippen molar-refractivity contribution in [2.24, 2.45) is 0 Å². The lowest BCUT2D eigenvalue weighted by Gasteiger charge is -2.11. The molecule has 104 valence electrons. The highest BCUT2D eigenvalue weighted by Crippen LogP contribution is 2.19. The van der Waals surface area contributed by atoms with E-state index in [1.165, 1.54) is 5.56 Å². The molecular formula is C17H18BrNO. The van der Waals surface area contributed by atoms with Crippen LogP contribution in [-0.4, -0.2) is 5.91 Å². The van der Waals surface area contributed by atoms with Crippen molar-refractivity contribution in [3.63, 3.8) is 0 Å². The minimum absolute atomic E-state index is 0.0205. The van der Waals surface area contributed by atoms with E-state index in [0.29, 0.717) is 6.42 Å². The number of hydrogen-bond acceptors (Lipinski definition) is 1. The second kappa shape index (κ2) is 6.71. The number of aryl methyl sites for hydroxylation is 2. The first-order valence-electron chi connectivity index (χ1n) is 6.60. The molecule has 0 bridgehead atoms. The summed E-state index contributed by atoms with van der Waals surface area (Å²) in [6, 6.07) is 14.0. The highest BCUT2D eigenvalue weighted by molar-refractivity contribution is 9.08. The number of carbonyl (C=O) groups is 1. The van der Waals surface area contributed by atoms with Crippen LogP contribution in [0.4, 0.5) is 5.69 Å². The Morgan fingerprint density at radius 3 is 2.60 bits per heavy atom. The number of para-hydroxylation sites is 1. The molecule has 1 amide bonds. The zero-order valence-electron chi connectivity index (χ0n) is 11.7. The van der Waals surface area contributed by atoms with E-state index in [0.717, 1.165) is 27.7 Å². The molecule has 0 spiro atoms. The number of alkyl halides is 1. The average Bonchev–Trinajstić information content (AvgIpc) is 2.43. The quantitative estimate of drug-likeness (QED) is 0.827. The van der Waals surface area contributed by atoms with E-state index in [1.54, 1.807) is 0 Å². The van der Waals surface area contributed by atoms with E-state index in [1.807, 2.05) is 38.1 Å². The summed E-state index contributed by atoms with van der Waals surface area (Å²) in [5.41, 5.74) is 5.37. The molecular weight excluding hydrogens is 314 g/mol. The maximum atomic E-state index is 12.2. The molecule has 0 aliphatic rings. The molecule has 20 heavy (non-hydrogen) atoms. The maximum Gasteiger partial charge on any atom is 0.228 e. The SMILES string of the molecule is Cc1ccc(C)c(CC(=O)Nc2ccccc2CBr)c1. The van der Waals surface area contributed by atoms with Crippen molar-refractivity contribution in [1.29, 1.82) is 0 Å². The number of hydrogen-bond donors (Lipinski definition) is 1. The zero-order chi connectivity index (χ0) is 14.5. The molecule has 1 N–H and O–H groups in total. The number of rotatable bonds is 4. The summed E-state index contributed by atoms with van der Waals surface area (Å²) >= 11 is 3.43. The topological polar surface area (TPSA) is 29.1 Å². The minimum Gasteiger partial charge on any atom is -0.326 e. The molecule has 0 saturated carbocycles. The van der Waals surface area contributed by atoms with Gasteiger partial charge in [-0.2, -0.15) is 0 Å². The minimum atomic E-state index is 0.0205. The molecule has 0 atom stereocenters. The Labute approximate surface area is 128 Å². The van der Waals surface area contributed by atoms with Crippen LogP contribution in [0.25, 0.3) is 0 Å². The van der Waals surface area contributed by atoms with Crippen LogP contribution >= 0.6 is 15.9 Å². The second-order valence-electron chi connectivity index (χ2n) is 4.95. The molecule has 0 heterocycles. The van der Waals surface area contributed by atoms with Gasteiger partial charge >= 0.3 is 0 Å². The van der Waals surface area contributed by atoms with Gasteiger partial charge in [-0.25, -0.2) is 0 Å². The number of nitrogens with one attached hydrogen (secondary N) is 1. The Bertz CT molecular complexity index is 622. The number of carbonyl (C=O) groups excluding carboxylic acids is 1. The Morgan fingerprint density at radius 2 is 1.85 bits per heavy atom. The summed E-state index contributed by atoms with van der Waals surface area (Å²) in [6.07, 6.45) is 0.407. The highest BCUT2D eigenvalue weighted by atomic mass is 79.9. The van der Waals surface area contributed by atoms with Crippen LogP contribution in [0, 0.1) is 13.8 Å². The summed E-state index contributed by atoms with van der Waals surface area (Å²) in [4.78, 5) is 12.2. The first-order valence-corrected chi connectivity index (χ1v) is 7.72. The van der Waals surface area contributed by atoms with Gasteiger partial charge in [-0.05, 0) is 36.6 Å². The first kappa shape index (κ1) is 14.8. The summed E-state index contributed by atoms with van der Waals surface area (Å²) < 4.78 is 0. The monoisotopic (exact) mass is 331 g/mol. The molecule has 2 aromatic carbocycles. The molecule has 0 radical (unpaired) electrons. The summed E-state index contributed by atoms with van der Waals surface area (Å²) in [5.74, 6) is 0.0205. The third-order valence-corrected chi connectivity index (χ3v) is 3.90. The lowest BCUT2D eigenvalue weighted by Crippen LogP contribution is -2.16. The van der Waals surface area contributed by atoms with Gasteiger partial charge in [0.1, 0.15) is 0 Å². The van der Waals surface area contributed by atoms with Gasteiger partial charge in [-0.1, -0.05) is 57.9 Å². The number of anilines is 1. The number of halogens is 1. The fourth-order valence-electron chi connectivity index (χ4n) is 2.12. The van der Waals surface area contributed by atoms with E-state index in [4.69, 9.17) is 0 Å². The molecule has 2 aromatic rings. The van der Waals surface area contributed by atoms with Crippen molar-refractivity contribution >= 4 is 27.5 Å². The van der Waals surface area contributed by atoms with Crippen molar-refractivity contribution < 1.29 is 4.79 Å². The standard InChI is InChI=1S/C17H18BrNO/c1-12-7-8-13(2)15(9-12)10-17(20)19-16-6-4-3-5-14(16)11-18/h3-9H,10-11H2,1-2H3,(H,19,20). The van der Waals surface area contributed by atoms with E-state index in [2.05, 4.69) is 39.4 Å². The Hall–Kier alpha value is -1.61. The van der Waals surface area contributed by atoms with Crippen LogP contribution in [0.3, 0.4) is 0 Å². The fraction of sp³-hybridized carbons (Fsp3) is 0.235. The van der Waals surface area contributed by atoms with Gasteiger partial charge in [0.15, 0.2) is 0 Å². The molecule has 0 aromatic heterocycles. The molecule has 0 unspecified atom stereocenters. The molecule has 2 nitrogen and oxygen atoms in total. The van der Waals surface area contributed by atoms with Gasteiger partial charge in [0.25, 0.3) is 0 Å². The lowest BCUT2D eigenvalue weighted by atomic mass is 10.0. The summed E-state index contributed by atoms with van der Waals surface area (Å²) in [6.45, 7) is 4.08. The molecule has 0 fully saturated rings. The van der Waals surface area contributed by atoms with Gasteiger partial charge in [-0.3, -0.25) is 4.79 Å². The fourth-order valence-corrected chi connectivity index (χ4v) is 2.61. The van der Waals surface area contributed by atoms with Gasteiger partial charge in [-0.15, -0.1) is 0 Å². The Morgan fingerprint density at radius 1 is 1.10 bits per heavy atom. The van der Waals surface area contributed by atoms with Crippen LogP contribution in [0.15, 0.2) is 42.5 Å². The second-order valence-corrected chi connectivity index (χ2v) is 5.51. The average molecular weight is 332 g/mol. The molecule has 3 heteroatoms. The van der Waals surface area contributed by atoms with Crippen LogP contribution in [0.5, 0.6) is 0 Å². The zero-order valence-corrected chi connectivity index (χ0v) is 13.3. The summed E-state index contributed by atoms with van der Waals surface area (Å²) in [7, 11) is 0. The Kier molecular flexibility index (Phi) is 4.96. The van der Waals surface area contributed by atoms with Gasteiger partial charge in [0, 0.05) is 11.0 Å². The van der Waals surface area contributed by atoms with Crippen molar-refractivity contribution in [2.75, 3.05) is 5.32 Å². The van der Waals surface area contributed by atoms with Crippen LogP contribution in [-0.2, 0) is 16.5 Å². The first-order chi connectivity index (χ1) is 9.60. The lowest BCUT2D eigenvalue weighted by molar-refractivity contribution is -0.115. The van der Waals surface area contributed by atoms with Crippen molar-refractivity contribution in [1.82, 2.24) is 0 Å². The molecule has 2 rings (SSSR count). The predicted molar refractivity (Wildman–Crippen MR) is 87.3 cm³/mol. The largest absolute Gasteiger partial charge is 0.326 e. The van der Waals surface area contributed by atoms with Gasteiger partial charge < -0.3 is 5.32 Å². The summed E-state index contributed by atoms with van der Waals surface area (Å²) in [5, 5.41) is 3.72. The molecule has 0 aliphatic heterocycles.